The van der Waals surface area contributed by atoms with E-state index in [1.807, 2.05) is 38.1 Å². The van der Waals surface area contributed by atoms with Crippen LogP contribution in [0.3, 0.4) is 0 Å². The molecule has 0 aliphatic carbocycles. The lowest BCUT2D eigenvalue weighted by Gasteiger charge is -2.35. The summed E-state index contributed by atoms with van der Waals surface area (Å²) in [5, 5.41) is 0.424. The van der Waals surface area contributed by atoms with Gasteiger partial charge in [-0.3, -0.25) is 0 Å². The second kappa shape index (κ2) is 7.86. The first kappa shape index (κ1) is 19.0. The van der Waals surface area contributed by atoms with E-state index < -0.39 is 10.0 Å². The standard InChI is InChI=1S/C19H23ClN2O3S/c1-15(2)25-18-8-6-17(7-9-18)21-10-12-22(13-11-21)26(23,24)19-5-3-4-16(20)14-19/h3-9,14-15H,10-13H2,1-2H3. The molecular formula is C19H23ClN2O3S. The number of benzene rings is 2. The summed E-state index contributed by atoms with van der Waals surface area (Å²) >= 11 is 5.94. The Hall–Kier alpha value is -1.76. The smallest absolute Gasteiger partial charge is 0.243 e. The summed E-state index contributed by atoms with van der Waals surface area (Å²) in [4.78, 5) is 2.43. The van der Waals surface area contributed by atoms with Gasteiger partial charge in [-0.15, -0.1) is 0 Å². The molecule has 0 radical (unpaired) electrons. The molecule has 1 aliphatic heterocycles. The normalized spacial score (nSPS) is 16.1. The lowest BCUT2D eigenvalue weighted by Crippen LogP contribution is -2.48. The Morgan fingerprint density at radius 3 is 2.23 bits per heavy atom. The molecule has 3 rings (SSSR count). The molecule has 1 saturated heterocycles. The van der Waals surface area contributed by atoms with E-state index in [0.29, 0.717) is 31.2 Å². The van der Waals surface area contributed by atoms with Gasteiger partial charge in [0.2, 0.25) is 10.0 Å². The average Bonchev–Trinajstić information content (AvgIpc) is 2.62. The Balaban J connectivity index is 1.65. The molecule has 0 N–H and O–H groups in total. The van der Waals surface area contributed by atoms with Gasteiger partial charge in [-0.1, -0.05) is 17.7 Å². The Kier molecular flexibility index (Phi) is 5.75. The monoisotopic (exact) mass is 394 g/mol. The third kappa shape index (κ3) is 4.31. The number of hydrogen-bond acceptors (Lipinski definition) is 4. The van der Waals surface area contributed by atoms with E-state index in [-0.39, 0.29) is 11.0 Å². The quantitative estimate of drug-likeness (QED) is 0.776. The Morgan fingerprint density at radius 2 is 1.65 bits per heavy atom. The molecule has 0 unspecified atom stereocenters. The zero-order valence-electron chi connectivity index (χ0n) is 14.9. The fourth-order valence-electron chi connectivity index (χ4n) is 2.97. The lowest BCUT2D eigenvalue weighted by atomic mass is 10.2. The average molecular weight is 395 g/mol. The van der Waals surface area contributed by atoms with Gasteiger partial charge in [0.15, 0.2) is 0 Å². The highest BCUT2D eigenvalue weighted by atomic mass is 35.5. The van der Waals surface area contributed by atoms with Crippen LogP contribution in [0.4, 0.5) is 5.69 Å². The molecule has 0 saturated carbocycles. The summed E-state index contributed by atoms with van der Waals surface area (Å²) in [6.45, 7) is 6.16. The van der Waals surface area contributed by atoms with Crippen molar-refractivity contribution in [3.63, 3.8) is 0 Å². The molecule has 1 fully saturated rings. The first-order valence-electron chi connectivity index (χ1n) is 8.63. The fraction of sp³-hybridized carbons (Fsp3) is 0.368. The largest absolute Gasteiger partial charge is 0.491 e. The van der Waals surface area contributed by atoms with Gasteiger partial charge in [0.05, 0.1) is 11.0 Å². The van der Waals surface area contributed by atoms with Gasteiger partial charge in [0, 0.05) is 36.9 Å². The highest BCUT2D eigenvalue weighted by Crippen LogP contribution is 2.24. The number of rotatable bonds is 5. The Labute approximate surface area is 160 Å². The predicted molar refractivity (Wildman–Crippen MR) is 105 cm³/mol. The number of sulfonamides is 1. The van der Waals surface area contributed by atoms with Crippen molar-refractivity contribution in [1.82, 2.24) is 4.31 Å². The molecule has 0 bridgehead atoms. The second-order valence-corrected chi connectivity index (χ2v) is 8.88. The van der Waals surface area contributed by atoms with Crippen LogP contribution in [0.2, 0.25) is 5.02 Å². The first-order valence-corrected chi connectivity index (χ1v) is 10.5. The minimum absolute atomic E-state index is 0.140. The predicted octanol–water partition coefficient (Wildman–Crippen LogP) is 3.64. The van der Waals surface area contributed by atoms with Crippen LogP contribution in [0.25, 0.3) is 0 Å². The van der Waals surface area contributed by atoms with Crippen molar-refractivity contribution < 1.29 is 13.2 Å². The second-order valence-electron chi connectivity index (χ2n) is 6.51. The molecule has 1 aliphatic rings. The van der Waals surface area contributed by atoms with E-state index in [2.05, 4.69) is 4.90 Å². The zero-order chi connectivity index (χ0) is 18.7. The van der Waals surface area contributed by atoms with Crippen molar-refractivity contribution in [2.24, 2.45) is 0 Å². The number of nitrogens with zero attached hydrogens (tertiary/aromatic N) is 2. The summed E-state index contributed by atoms with van der Waals surface area (Å²) in [6, 6.07) is 14.3. The van der Waals surface area contributed by atoms with Crippen LogP contribution in [0.5, 0.6) is 5.75 Å². The maximum Gasteiger partial charge on any atom is 0.243 e. The van der Waals surface area contributed by atoms with Crippen LogP contribution in [0.15, 0.2) is 53.4 Å². The van der Waals surface area contributed by atoms with E-state index in [1.165, 1.54) is 10.4 Å². The van der Waals surface area contributed by atoms with E-state index in [0.717, 1.165) is 11.4 Å². The summed E-state index contributed by atoms with van der Waals surface area (Å²) in [5.41, 5.74) is 1.07. The van der Waals surface area contributed by atoms with Crippen molar-refractivity contribution in [1.29, 1.82) is 0 Å². The van der Waals surface area contributed by atoms with Gasteiger partial charge in [-0.05, 0) is 56.3 Å². The lowest BCUT2D eigenvalue weighted by molar-refractivity contribution is 0.242. The first-order chi connectivity index (χ1) is 12.4. The topological polar surface area (TPSA) is 49.9 Å². The highest BCUT2D eigenvalue weighted by Gasteiger charge is 2.28. The van der Waals surface area contributed by atoms with E-state index >= 15 is 0 Å². The Morgan fingerprint density at radius 1 is 1.00 bits per heavy atom. The van der Waals surface area contributed by atoms with Crippen LogP contribution < -0.4 is 9.64 Å². The van der Waals surface area contributed by atoms with Gasteiger partial charge in [-0.2, -0.15) is 4.31 Å². The van der Waals surface area contributed by atoms with Crippen LogP contribution in [0, 0.1) is 0 Å². The van der Waals surface area contributed by atoms with Crippen LogP contribution >= 0.6 is 11.6 Å². The minimum Gasteiger partial charge on any atom is -0.491 e. The van der Waals surface area contributed by atoms with E-state index in [9.17, 15) is 8.42 Å². The van der Waals surface area contributed by atoms with Gasteiger partial charge in [0.1, 0.15) is 5.75 Å². The summed E-state index contributed by atoms with van der Waals surface area (Å²) < 4.78 is 32.7. The number of piperazine rings is 1. The fourth-order valence-corrected chi connectivity index (χ4v) is 4.69. The summed E-state index contributed by atoms with van der Waals surface area (Å²) in [7, 11) is -3.51. The molecule has 0 amide bonds. The molecule has 0 spiro atoms. The Bertz CT molecular complexity index is 845. The molecular weight excluding hydrogens is 372 g/mol. The van der Waals surface area contributed by atoms with Crippen molar-refractivity contribution >= 4 is 27.3 Å². The van der Waals surface area contributed by atoms with E-state index in [1.54, 1.807) is 18.2 Å². The molecule has 7 heteroatoms. The maximum absolute atomic E-state index is 12.8. The molecule has 26 heavy (non-hydrogen) atoms. The number of halogens is 1. The number of anilines is 1. The number of ether oxygens (including phenoxy) is 1. The van der Waals surface area contributed by atoms with Crippen molar-refractivity contribution in [2.45, 2.75) is 24.8 Å². The third-order valence-electron chi connectivity index (χ3n) is 4.25. The summed E-state index contributed by atoms with van der Waals surface area (Å²) in [6.07, 6.45) is 0.140. The third-order valence-corrected chi connectivity index (χ3v) is 6.38. The summed E-state index contributed by atoms with van der Waals surface area (Å²) in [5.74, 6) is 0.839. The van der Waals surface area contributed by atoms with Crippen LogP contribution in [0.1, 0.15) is 13.8 Å². The molecule has 2 aromatic rings. The molecule has 1 heterocycles. The minimum atomic E-state index is -3.51. The molecule has 140 valence electrons. The molecule has 5 nitrogen and oxygen atoms in total. The number of hydrogen-bond donors (Lipinski definition) is 0. The van der Waals surface area contributed by atoms with Crippen molar-refractivity contribution in [3.8, 4) is 5.75 Å². The zero-order valence-corrected chi connectivity index (χ0v) is 16.5. The van der Waals surface area contributed by atoms with Crippen molar-refractivity contribution in [2.75, 3.05) is 31.1 Å². The van der Waals surface area contributed by atoms with Gasteiger partial charge < -0.3 is 9.64 Å². The van der Waals surface area contributed by atoms with Gasteiger partial charge in [0.25, 0.3) is 0 Å². The molecule has 0 aromatic heterocycles. The maximum atomic E-state index is 12.8. The van der Waals surface area contributed by atoms with Crippen LogP contribution in [-0.4, -0.2) is 45.0 Å². The highest BCUT2D eigenvalue weighted by molar-refractivity contribution is 7.89. The van der Waals surface area contributed by atoms with Crippen molar-refractivity contribution in [3.05, 3.63) is 53.6 Å². The molecule has 2 aromatic carbocycles. The van der Waals surface area contributed by atoms with E-state index in [4.69, 9.17) is 16.3 Å². The van der Waals surface area contributed by atoms with Gasteiger partial charge >= 0.3 is 0 Å². The van der Waals surface area contributed by atoms with Gasteiger partial charge in [-0.25, -0.2) is 8.42 Å². The van der Waals surface area contributed by atoms with Crippen LogP contribution in [-0.2, 0) is 10.0 Å². The molecule has 0 atom stereocenters. The SMILES string of the molecule is CC(C)Oc1ccc(N2CCN(S(=O)(=O)c3cccc(Cl)c3)CC2)cc1.